The molecule has 1 aromatic heterocycles. The number of nitrogens with zero attached hydrogens (tertiary/aromatic N) is 2. The largest absolute Gasteiger partial charge is 0.385 e. The Morgan fingerprint density at radius 3 is 3.18 bits per heavy atom. The molecule has 6 heteroatoms. The summed E-state index contributed by atoms with van der Waals surface area (Å²) in [6.45, 7) is 1.48. The molecule has 92 valence electrons. The maximum absolute atomic E-state index is 5.02. The highest BCUT2D eigenvalue weighted by Gasteiger charge is 1.92. The molecule has 1 heterocycles. The lowest BCUT2D eigenvalue weighted by Crippen LogP contribution is -2.33. The molecule has 0 radical (unpaired) electrons. The van der Waals surface area contributed by atoms with Crippen LogP contribution in [-0.2, 0) is 4.74 Å². The van der Waals surface area contributed by atoms with Gasteiger partial charge in [-0.05, 0) is 30.8 Å². The lowest BCUT2D eigenvalue weighted by Gasteiger charge is -2.05. The van der Waals surface area contributed by atoms with Crippen molar-refractivity contribution < 1.29 is 4.74 Å². The first kappa shape index (κ1) is 13.5. The molecule has 1 rings (SSSR count). The number of pyridine rings is 1. The predicted octanol–water partition coefficient (Wildman–Crippen LogP) is 0.916. The Kier molecular flexibility index (Phi) is 6.85. The van der Waals surface area contributed by atoms with Crippen LogP contribution in [0, 0.1) is 0 Å². The quantitative estimate of drug-likeness (QED) is 0.341. The van der Waals surface area contributed by atoms with E-state index in [4.69, 9.17) is 17.0 Å². The smallest absolute Gasteiger partial charge is 0.186 e. The van der Waals surface area contributed by atoms with Gasteiger partial charge in [0, 0.05) is 26.5 Å². The Bertz CT molecular complexity index is 356. The maximum atomic E-state index is 5.02. The number of methoxy groups -OCH3 is 1. The average molecular weight is 252 g/mol. The summed E-state index contributed by atoms with van der Waals surface area (Å²) < 4.78 is 4.92. The van der Waals surface area contributed by atoms with Gasteiger partial charge in [0.05, 0.1) is 11.9 Å². The van der Waals surface area contributed by atoms with Gasteiger partial charge in [-0.25, -0.2) is 0 Å². The number of hydrogen-bond donors (Lipinski definition) is 2. The van der Waals surface area contributed by atoms with Crippen LogP contribution in [0.1, 0.15) is 12.1 Å². The predicted molar refractivity (Wildman–Crippen MR) is 72.1 cm³/mol. The number of aromatic nitrogens is 1. The van der Waals surface area contributed by atoms with Crippen LogP contribution in [0.5, 0.6) is 0 Å². The van der Waals surface area contributed by atoms with Gasteiger partial charge in [0.1, 0.15) is 0 Å². The molecule has 5 nitrogen and oxygen atoms in total. The summed E-state index contributed by atoms with van der Waals surface area (Å²) in [6.07, 6.45) is 4.23. The van der Waals surface area contributed by atoms with E-state index in [1.165, 1.54) is 0 Å². The number of hydrogen-bond acceptors (Lipinski definition) is 4. The van der Waals surface area contributed by atoms with Crippen LogP contribution in [0.3, 0.4) is 0 Å². The van der Waals surface area contributed by atoms with Gasteiger partial charge in [-0.2, -0.15) is 5.10 Å². The molecule has 1 aromatic rings. The van der Waals surface area contributed by atoms with Crippen LogP contribution in [0.4, 0.5) is 0 Å². The van der Waals surface area contributed by atoms with Gasteiger partial charge in [-0.3, -0.25) is 10.4 Å². The van der Waals surface area contributed by atoms with Gasteiger partial charge in [-0.1, -0.05) is 6.07 Å². The second kappa shape index (κ2) is 8.60. The summed E-state index contributed by atoms with van der Waals surface area (Å²) in [5, 5.41) is 7.47. The lowest BCUT2D eigenvalue weighted by molar-refractivity contribution is 0.195. The molecule has 0 spiro atoms. The fraction of sp³-hybridized carbons (Fsp3) is 0.364. The normalized spacial score (nSPS) is 10.4. The zero-order valence-corrected chi connectivity index (χ0v) is 10.5. The minimum Gasteiger partial charge on any atom is -0.385 e. The van der Waals surface area contributed by atoms with E-state index >= 15 is 0 Å². The third-order valence-corrected chi connectivity index (χ3v) is 2.10. The van der Waals surface area contributed by atoms with Crippen molar-refractivity contribution in [3.8, 4) is 0 Å². The van der Waals surface area contributed by atoms with Gasteiger partial charge >= 0.3 is 0 Å². The molecule has 0 atom stereocenters. The standard InChI is InChI=1S/C11H16N4OS/c1-16-8-4-7-13-11(17)15-14-9-10-5-2-3-6-12-10/h2-3,5-6,9H,4,7-8H2,1H3,(H2,13,15,17). The van der Waals surface area contributed by atoms with Crippen molar-refractivity contribution in [1.82, 2.24) is 15.7 Å². The first-order valence-corrected chi connectivity index (χ1v) is 5.70. The Morgan fingerprint density at radius 2 is 2.47 bits per heavy atom. The number of nitrogens with one attached hydrogen (secondary N) is 2. The van der Waals surface area contributed by atoms with Crippen molar-refractivity contribution in [3.05, 3.63) is 30.1 Å². The van der Waals surface area contributed by atoms with E-state index in [1.807, 2.05) is 18.2 Å². The van der Waals surface area contributed by atoms with Crippen LogP contribution in [0.15, 0.2) is 29.5 Å². The third kappa shape index (κ3) is 6.60. The van der Waals surface area contributed by atoms with Gasteiger partial charge < -0.3 is 10.1 Å². The van der Waals surface area contributed by atoms with E-state index in [2.05, 4.69) is 20.8 Å². The zero-order valence-electron chi connectivity index (χ0n) is 9.72. The van der Waals surface area contributed by atoms with E-state index in [0.29, 0.717) is 11.7 Å². The summed E-state index contributed by atoms with van der Waals surface area (Å²) in [5.74, 6) is 0. The molecule has 0 fully saturated rings. The van der Waals surface area contributed by atoms with Crippen molar-refractivity contribution in [2.45, 2.75) is 6.42 Å². The summed E-state index contributed by atoms with van der Waals surface area (Å²) in [4.78, 5) is 4.09. The number of ether oxygens (including phenoxy) is 1. The fourth-order valence-corrected chi connectivity index (χ4v) is 1.22. The monoisotopic (exact) mass is 252 g/mol. The minimum absolute atomic E-state index is 0.494. The highest BCUT2D eigenvalue weighted by atomic mass is 32.1. The summed E-state index contributed by atoms with van der Waals surface area (Å²) in [7, 11) is 1.67. The highest BCUT2D eigenvalue weighted by Crippen LogP contribution is 1.87. The topological polar surface area (TPSA) is 58.5 Å². The van der Waals surface area contributed by atoms with Gasteiger partial charge in [-0.15, -0.1) is 0 Å². The summed E-state index contributed by atoms with van der Waals surface area (Å²) in [6, 6.07) is 5.61. The molecule has 0 aliphatic rings. The van der Waals surface area contributed by atoms with E-state index in [-0.39, 0.29) is 0 Å². The van der Waals surface area contributed by atoms with E-state index in [0.717, 1.165) is 18.7 Å². The third-order valence-electron chi connectivity index (χ3n) is 1.86. The van der Waals surface area contributed by atoms with Crippen LogP contribution in [0.2, 0.25) is 0 Å². The van der Waals surface area contributed by atoms with Crippen molar-refractivity contribution >= 4 is 23.5 Å². The molecule has 0 aliphatic carbocycles. The lowest BCUT2D eigenvalue weighted by atomic mass is 10.4. The second-order valence-corrected chi connectivity index (χ2v) is 3.64. The zero-order chi connectivity index (χ0) is 12.3. The number of rotatable bonds is 6. The molecule has 0 aromatic carbocycles. The number of hydrazone groups is 1. The second-order valence-electron chi connectivity index (χ2n) is 3.23. The van der Waals surface area contributed by atoms with Crippen molar-refractivity contribution in [2.24, 2.45) is 5.10 Å². The molecule has 0 amide bonds. The Labute approximate surface area is 106 Å². The molecule has 0 unspecified atom stereocenters. The van der Waals surface area contributed by atoms with E-state index in [9.17, 15) is 0 Å². The molecule has 0 saturated heterocycles. The minimum atomic E-state index is 0.494. The van der Waals surface area contributed by atoms with Gasteiger partial charge in [0.15, 0.2) is 5.11 Å². The molecular formula is C11H16N4OS. The fourth-order valence-electron chi connectivity index (χ4n) is 1.07. The molecular weight excluding hydrogens is 236 g/mol. The molecule has 0 aliphatic heterocycles. The van der Waals surface area contributed by atoms with Gasteiger partial charge in [0.2, 0.25) is 0 Å². The van der Waals surface area contributed by atoms with Gasteiger partial charge in [0.25, 0.3) is 0 Å². The highest BCUT2D eigenvalue weighted by molar-refractivity contribution is 7.80. The molecule has 2 N–H and O–H groups in total. The maximum Gasteiger partial charge on any atom is 0.186 e. The molecule has 0 saturated carbocycles. The Morgan fingerprint density at radius 1 is 1.59 bits per heavy atom. The molecule has 0 bridgehead atoms. The van der Waals surface area contributed by atoms with Crippen molar-refractivity contribution in [2.75, 3.05) is 20.3 Å². The first-order chi connectivity index (χ1) is 8.33. The van der Waals surface area contributed by atoms with E-state index in [1.54, 1.807) is 19.5 Å². The van der Waals surface area contributed by atoms with Crippen LogP contribution in [0.25, 0.3) is 0 Å². The molecule has 17 heavy (non-hydrogen) atoms. The van der Waals surface area contributed by atoms with Crippen LogP contribution < -0.4 is 10.7 Å². The van der Waals surface area contributed by atoms with E-state index < -0.39 is 0 Å². The SMILES string of the molecule is COCCCNC(=S)NN=Cc1ccccn1. The van der Waals surface area contributed by atoms with Crippen LogP contribution in [-0.4, -0.2) is 36.6 Å². The number of thiocarbonyl (C=S) groups is 1. The Hall–Kier alpha value is -1.53. The first-order valence-electron chi connectivity index (χ1n) is 5.30. The summed E-state index contributed by atoms with van der Waals surface area (Å²) >= 11 is 5.02. The summed E-state index contributed by atoms with van der Waals surface area (Å²) in [5.41, 5.74) is 3.50. The Balaban J connectivity index is 2.17. The average Bonchev–Trinajstić information content (AvgIpc) is 2.36. The van der Waals surface area contributed by atoms with Crippen molar-refractivity contribution in [3.63, 3.8) is 0 Å². The van der Waals surface area contributed by atoms with Crippen molar-refractivity contribution in [1.29, 1.82) is 0 Å². The van der Waals surface area contributed by atoms with Crippen LogP contribution >= 0.6 is 12.2 Å².